The molecule has 5 heteroatoms. The Bertz CT molecular complexity index is 321. The third-order valence-electron chi connectivity index (χ3n) is 3.92. The molecule has 2 N–H and O–H groups in total. The van der Waals surface area contributed by atoms with Gasteiger partial charge in [-0.05, 0) is 31.6 Å². The standard InChI is InChI=1S/C14H25NO4/c1-4-14(5-7-19-8-6-14)13(18)15-11(12(16)17)9-10(2)3/h10-11H,4-9H2,1-3H3,(H,15,18)(H,16,17)/t11-/m1/s1. The van der Waals surface area contributed by atoms with Crippen molar-refractivity contribution < 1.29 is 19.4 Å². The Morgan fingerprint density at radius 3 is 2.32 bits per heavy atom. The van der Waals surface area contributed by atoms with Crippen LogP contribution < -0.4 is 5.32 Å². The van der Waals surface area contributed by atoms with Crippen molar-refractivity contribution >= 4 is 11.9 Å². The molecule has 110 valence electrons. The number of aliphatic carboxylic acids is 1. The van der Waals surface area contributed by atoms with Crippen molar-refractivity contribution in [2.24, 2.45) is 11.3 Å². The van der Waals surface area contributed by atoms with Crippen LogP contribution in [-0.4, -0.2) is 36.2 Å². The molecule has 1 aliphatic heterocycles. The highest BCUT2D eigenvalue weighted by Gasteiger charge is 2.39. The molecule has 1 fully saturated rings. The first-order valence-electron chi connectivity index (χ1n) is 7.03. The summed E-state index contributed by atoms with van der Waals surface area (Å²) in [5.41, 5.74) is -0.455. The van der Waals surface area contributed by atoms with Gasteiger partial charge in [-0.25, -0.2) is 4.79 Å². The minimum atomic E-state index is -0.958. The Kier molecular flexibility index (Phi) is 5.79. The zero-order valence-electron chi connectivity index (χ0n) is 12.1. The van der Waals surface area contributed by atoms with Crippen LogP contribution in [0, 0.1) is 11.3 Å². The maximum absolute atomic E-state index is 12.4. The number of rotatable bonds is 6. The SMILES string of the molecule is CCC1(C(=O)N[C@H](CC(C)C)C(=O)O)CCOCC1. The van der Waals surface area contributed by atoms with Gasteiger partial charge in [0.2, 0.25) is 5.91 Å². The van der Waals surface area contributed by atoms with Gasteiger partial charge in [0, 0.05) is 13.2 Å². The fourth-order valence-corrected chi connectivity index (χ4v) is 2.51. The van der Waals surface area contributed by atoms with Gasteiger partial charge in [0.1, 0.15) is 6.04 Å². The molecule has 1 rings (SSSR count). The third kappa shape index (κ3) is 4.20. The fourth-order valence-electron chi connectivity index (χ4n) is 2.51. The van der Waals surface area contributed by atoms with Gasteiger partial charge >= 0.3 is 5.97 Å². The average molecular weight is 271 g/mol. The summed E-state index contributed by atoms with van der Waals surface area (Å²) >= 11 is 0. The van der Waals surface area contributed by atoms with Crippen LogP contribution in [0.3, 0.4) is 0 Å². The van der Waals surface area contributed by atoms with E-state index in [1.54, 1.807) is 0 Å². The molecule has 0 unspecified atom stereocenters. The molecule has 1 saturated heterocycles. The quantitative estimate of drug-likeness (QED) is 0.772. The molecule has 1 atom stereocenters. The highest BCUT2D eigenvalue weighted by molar-refractivity contribution is 5.87. The van der Waals surface area contributed by atoms with Gasteiger partial charge in [-0.3, -0.25) is 4.79 Å². The Morgan fingerprint density at radius 1 is 1.32 bits per heavy atom. The number of amides is 1. The lowest BCUT2D eigenvalue weighted by Crippen LogP contribution is -2.50. The predicted octanol–water partition coefficient (Wildman–Crippen LogP) is 1.81. The number of carbonyl (C=O) groups excluding carboxylic acids is 1. The Balaban J connectivity index is 2.71. The van der Waals surface area contributed by atoms with Crippen LogP contribution in [0.1, 0.15) is 46.5 Å². The van der Waals surface area contributed by atoms with Crippen molar-refractivity contribution in [2.45, 2.75) is 52.5 Å². The summed E-state index contributed by atoms with van der Waals surface area (Å²) in [5, 5.41) is 11.9. The first-order chi connectivity index (χ1) is 8.91. The predicted molar refractivity (Wildman–Crippen MR) is 71.8 cm³/mol. The molecule has 0 aromatic heterocycles. The maximum Gasteiger partial charge on any atom is 0.326 e. The summed E-state index contributed by atoms with van der Waals surface area (Å²) in [6, 6.07) is -0.793. The van der Waals surface area contributed by atoms with E-state index in [-0.39, 0.29) is 11.8 Å². The molecule has 0 saturated carbocycles. The summed E-state index contributed by atoms with van der Waals surface area (Å²) < 4.78 is 5.30. The summed E-state index contributed by atoms with van der Waals surface area (Å²) in [4.78, 5) is 23.6. The first-order valence-corrected chi connectivity index (χ1v) is 7.03. The van der Waals surface area contributed by atoms with Gasteiger partial charge in [-0.1, -0.05) is 20.8 Å². The molecule has 0 aliphatic carbocycles. The number of hydrogen-bond donors (Lipinski definition) is 2. The Morgan fingerprint density at radius 2 is 1.89 bits per heavy atom. The van der Waals surface area contributed by atoms with E-state index in [2.05, 4.69) is 5.32 Å². The van der Waals surface area contributed by atoms with E-state index >= 15 is 0 Å². The molecule has 1 aliphatic rings. The minimum Gasteiger partial charge on any atom is -0.480 e. The summed E-state index contributed by atoms with van der Waals surface area (Å²) in [5.74, 6) is -0.861. The molecule has 1 heterocycles. The second-order valence-electron chi connectivity index (χ2n) is 5.74. The number of hydrogen-bond acceptors (Lipinski definition) is 3. The molecule has 0 aromatic carbocycles. The fraction of sp³-hybridized carbons (Fsp3) is 0.857. The molecular weight excluding hydrogens is 246 g/mol. The highest BCUT2D eigenvalue weighted by Crippen LogP contribution is 2.34. The molecule has 0 spiro atoms. The number of nitrogens with one attached hydrogen (secondary N) is 1. The summed E-state index contributed by atoms with van der Waals surface area (Å²) in [7, 11) is 0. The van der Waals surface area contributed by atoms with Crippen LogP contribution in [0.4, 0.5) is 0 Å². The van der Waals surface area contributed by atoms with Crippen LogP contribution in [-0.2, 0) is 14.3 Å². The molecule has 19 heavy (non-hydrogen) atoms. The van der Waals surface area contributed by atoms with Gasteiger partial charge in [0.25, 0.3) is 0 Å². The van der Waals surface area contributed by atoms with Crippen LogP contribution >= 0.6 is 0 Å². The lowest BCUT2D eigenvalue weighted by atomic mass is 9.76. The Hall–Kier alpha value is -1.10. The van der Waals surface area contributed by atoms with Crippen molar-refractivity contribution in [1.82, 2.24) is 5.32 Å². The molecule has 5 nitrogen and oxygen atoms in total. The van der Waals surface area contributed by atoms with Gasteiger partial charge in [-0.15, -0.1) is 0 Å². The van der Waals surface area contributed by atoms with E-state index in [9.17, 15) is 14.7 Å². The van der Waals surface area contributed by atoms with E-state index in [1.165, 1.54) is 0 Å². The van der Waals surface area contributed by atoms with Crippen molar-refractivity contribution in [3.8, 4) is 0 Å². The van der Waals surface area contributed by atoms with Gasteiger partial charge in [0.05, 0.1) is 5.41 Å². The zero-order valence-corrected chi connectivity index (χ0v) is 12.1. The smallest absolute Gasteiger partial charge is 0.326 e. The van der Waals surface area contributed by atoms with E-state index in [1.807, 2.05) is 20.8 Å². The van der Waals surface area contributed by atoms with Gasteiger partial charge in [-0.2, -0.15) is 0 Å². The number of carboxylic acids is 1. The van der Waals surface area contributed by atoms with Crippen LogP contribution in [0.15, 0.2) is 0 Å². The van der Waals surface area contributed by atoms with Gasteiger partial charge in [0.15, 0.2) is 0 Å². The highest BCUT2D eigenvalue weighted by atomic mass is 16.5. The average Bonchev–Trinajstić information content (AvgIpc) is 2.38. The lowest BCUT2D eigenvalue weighted by Gasteiger charge is -2.35. The van der Waals surface area contributed by atoms with Crippen molar-refractivity contribution in [1.29, 1.82) is 0 Å². The van der Waals surface area contributed by atoms with E-state index in [0.29, 0.717) is 32.5 Å². The number of ether oxygens (including phenoxy) is 1. The summed E-state index contributed by atoms with van der Waals surface area (Å²) in [6.45, 7) is 7.02. The monoisotopic (exact) mass is 271 g/mol. The topological polar surface area (TPSA) is 75.6 Å². The maximum atomic E-state index is 12.4. The number of carboxylic acid groups (broad SMARTS) is 1. The van der Waals surface area contributed by atoms with E-state index in [4.69, 9.17) is 4.74 Å². The molecule has 1 amide bonds. The van der Waals surface area contributed by atoms with Gasteiger partial charge < -0.3 is 15.2 Å². The van der Waals surface area contributed by atoms with E-state index in [0.717, 1.165) is 6.42 Å². The van der Waals surface area contributed by atoms with Crippen LogP contribution in [0.2, 0.25) is 0 Å². The minimum absolute atomic E-state index is 0.133. The second-order valence-corrected chi connectivity index (χ2v) is 5.74. The largest absolute Gasteiger partial charge is 0.480 e. The van der Waals surface area contributed by atoms with Crippen molar-refractivity contribution in [3.05, 3.63) is 0 Å². The second kappa shape index (κ2) is 6.89. The van der Waals surface area contributed by atoms with Crippen molar-refractivity contribution in [3.63, 3.8) is 0 Å². The first kappa shape index (κ1) is 16.0. The van der Waals surface area contributed by atoms with Crippen LogP contribution in [0.25, 0.3) is 0 Å². The Labute approximate surface area is 114 Å². The normalized spacial score (nSPS) is 20.0. The lowest BCUT2D eigenvalue weighted by molar-refractivity contribution is -0.146. The molecule has 0 bridgehead atoms. The van der Waals surface area contributed by atoms with Crippen LogP contribution in [0.5, 0.6) is 0 Å². The zero-order chi connectivity index (χ0) is 14.5. The third-order valence-corrected chi connectivity index (χ3v) is 3.92. The molecular formula is C14H25NO4. The van der Waals surface area contributed by atoms with Crippen molar-refractivity contribution in [2.75, 3.05) is 13.2 Å². The molecule has 0 radical (unpaired) electrons. The number of carbonyl (C=O) groups is 2. The van der Waals surface area contributed by atoms with E-state index < -0.39 is 17.4 Å². The summed E-state index contributed by atoms with van der Waals surface area (Å²) in [6.07, 6.45) is 2.51. The molecule has 0 aromatic rings.